The monoisotopic (exact) mass is 527 g/mol. The summed E-state index contributed by atoms with van der Waals surface area (Å²) in [7, 11) is 0. The predicted molar refractivity (Wildman–Crippen MR) is 154 cm³/mol. The van der Waals surface area contributed by atoms with Crippen LogP contribution in [0.4, 0.5) is 0 Å². The molecule has 0 atom stereocenters. The number of nitrogens with one attached hydrogen (secondary N) is 1. The second kappa shape index (κ2) is 11.2. The molecule has 0 aliphatic carbocycles. The van der Waals surface area contributed by atoms with Crippen LogP contribution in [0.1, 0.15) is 42.9 Å². The summed E-state index contributed by atoms with van der Waals surface area (Å²) in [6.07, 6.45) is 4.87. The maximum atomic E-state index is 6.08. The summed E-state index contributed by atoms with van der Waals surface area (Å²) in [5, 5.41) is 0.709. The molecule has 38 heavy (non-hydrogen) atoms. The number of halogens is 1. The summed E-state index contributed by atoms with van der Waals surface area (Å²) >= 11 is 6.03. The van der Waals surface area contributed by atoms with Gasteiger partial charge in [0.2, 0.25) is 0 Å². The molecule has 3 aromatic carbocycles. The molecule has 1 aliphatic heterocycles. The van der Waals surface area contributed by atoms with E-state index in [9.17, 15) is 0 Å². The Morgan fingerprint density at radius 1 is 0.974 bits per heavy atom. The molecule has 6 rings (SSSR count). The lowest BCUT2D eigenvalue weighted by atomic mass is 9.92. The van der Waals surface area contributed by atoms with Crippen LogP contribution in [0.2, 0.25) is 5.02 Å². The fourth-order valence-electron chi connectivity index (χ4n) is 5.64. The first-order valence-corrected chi connectivity index (χ1v) is 14.0. The third-order valence-electron chi connectivity index (χ3n) is 7.75. The highest BCUT2D eigenvalue weighted by Crippen LogP contribution is 2.26. The van der Waals surface area contributed by atoms with Gasteiger partial charge in [0, 0.05) is 11.6 Å². The number of aromatic nitrogens is 4. The number of hydrogen-bond donors (Lipinski definition) is 1. The van der Waals surface area contributed by atoms with Crippen LogP contribution in [0.5, 0.6) is 5.75 Å². The largest absolute Gasteiger partial charge is 0.486 e. The number of imidazole rings is 2. The van der Waals surface area contributed by atoms with E-state index in [1.54, 1.807) is 0 Å². The van der Waals surface area contributed by atoms with Gasteiger partial charge < -0.3 is 14.3 Å². The molecule has 1 saturated heterocycles. The van der Waals surface area contributed by atoms with Crippen molar-refractivity contribution in [3.05, 3.63) is 89.0 Å². The molecular weight excluding hydrogens is 494 g/mol. The molecule has 0 saturated carbocycles. The number of para-hydroxylation sites is 3. The number of ether oxygens (including phenoxy) is 1. The van der Waals surface area contributed by atoms with E-state index in [2.05, 4.69) is 57.8 Å². The van der Waals surface area contributed by atoms with E-state index < -0.39 is 0 Å². The summed E-state index contributed by atoms with van der Waals surface area (Å²) in [6.45, 7) is 6.69. The van der Waals surface area contributed by atoms with Crippen LogP contribution in [-0.4, -0.2) is 37.5 Å². The van der Waals surface area contributed by atoms with Crippen LogP contribution in [0.15, 0.2) is 66.7 Å². The van der Waals surface area contributed by atoms with E-state index in [4.69, 9.17) is 26.3 Å². The zero-order chi connectivity index (χ0) is 25.9. The number of nitrogens with zero attached hydrogens (tertiary/aromatic N) is 4. The normalized spacial score (nSPS) is 15.0. The maximum Gasteiger partial charge on any atom is 0.148 e. The van der Waals surface area contributed by atoms with Crippen LogP contribution in [0.3, 0.4) is 0 Å². The van der Waals surface area contributed by atoms with Crippen molar-refractivity contribution >= 4 is 33.7 Å². The Bertz CT molecular complexity index is 1480. The molecule has 1 aliphatic rings. The van der Waals surface area contributed by atoms with Crippen molar-refractivity contribution in [2.45, 2.75) is 52.3 Å². The summed E-state index contributed by atoms with van der Waals surface area (Å²) in [4.78, 5) is 15.7. The van der Waals surface area contributed by atoms with Gasteiger partial charge in [-0.15, -0.1) is 0 Å². The number of fused-ring (bicyclic) bond motifs is 2. The Morgan fingerprint density at radius 2 is 1.79 bits per heavy atom. The van der Waals surface area contributed by atoms with Crippen LogP contribution >= 0.6 is 11.6 Å². The molecule has 196 valence electrons. The number of aromatic amines is 1. The summed E-state index contributed by atoms with van der Waals surface area (Å²) in [6, 6.07) is 22.2. The zero-order valence-electron chi connectivity index (χ0n) is 21.9. The minimum Gasteiger partial charge on any atom is -0.486 e. The van der Waals surface area contributed by atoms with Crippen LogP contribution in [0, 0.1) is 12.8 Å². The molecule has 0 unspecified atom stereocenters. The van der Waals surface area contributed by atoms with Crippen LogP contribution in [-0.2, 0) is 19.7 Å². The standard InChI is InChI=1S/C31H34ClN5O/c1-22-6-4-10-28-31(22)35-30(21-38-25-13-11-24(32)12-14-25)37(28)17-5-7-23-15-18-36(19-16-23)20-29-33-26-8-2-3-9-27(26)34-29/h2-4,6,8-14,23H,5,7,15-21H2,1H3,(H,33,34). The van der Waals surface area contributed by atoms with Gasteiger partial charge in [-0.05, 0) is 99.6 Å². The molecule has 0 amide bonds. The zero-order valence-corrected chi connectivity index (χ0v) is 22.6. The van der Waals surface area contributed by atoms with E-state index >= 15 is 0 Å². The van der Waals surface area contributed by atoms with E-state index in [0.29, 0.717) is 11.6 Å². The number of benzene rings is 3. The van der Waals surface area contributed by atoms with Crippen molar-refractivity contribution in [3.8, 4) is 5.75 Å². The van der Waals surface area contributed by atoms with Crippen molar-refractivity contribution in [1.82, 2.24) is 24.4 Å². The van der Waals surface area contributed by atoms with Gasteiger partial charge in [-0.3, -0.25) is 4.90 Å². The first-order chi connectivity index (χ1) is 18.6. The molecule has 0 radical (unpaired) electrons. The lowest BCUT2D eigenvalue weighted by molar-refractivity contribution is 0.167. The van der Waals surface area contributed by atoms with Gasteiger partial charge in [-0.1, -0.05) is 35.9 Å². The van der Waals surface area contributed by atoms with Gasteiger partial charge in [0.15, 0.2) is 0 Å². The Morgan fingerprint density at radius 3 is 2.61 bits per heavy atom. The van der Waals surface area contributed by atoms with E-state index in [1.807, 2.05) is 30.3 Å². The quantitative estimate of drug-likeness (QED) is 0.221. The van der Waals surface area contributed by atoms with Crippen molar-refractivity contribution in [3.63, 3.8) is 0 Å². The molecule has 7 heteroatoms. The van der Waals surface area contributed by atoms with Gasteiger partial charge in [0.1, 0.15) is 24.0 Å². The van der Waals surface area contributed by atoms with E-state index in [-0.39, 0.29) is 0 Å². The Hall–Kier alpha value is -3.35. The Kier molecular flexibility index (Phi) is 7.34. The topological polar surface area (TPSA) is 59.0 Å². The number of likely N-dealkylation sites (tertiary alicyclic amines) is 1. The van der Waals surface area contributed by atoms with Crippen molar-refractivity contribution in [1.29, 1.82) is 0 Å². The molecule has 1 fully saturated rings. The van der Waals surface area contributed by atoms with Gasteiger partial charge in [-0.2, -0.15) is 0 Å². The van der Waals surface area contributed by atoms with Gasteiger partial charge in [-0.25, -0.2) is 9.97 Å². The molecular formula is C31H34ClN5O. The Balaban J connectivity index is 1.04. The van der Waals surface area contributed by atoms with Crippen LogP contribution in [0.25, 0.3) is 22.1 Å². The maximum absolute atomic E-state index is 6.08. The van der Waals surface area contributed by atoms with Gasteiger partial charge >= 0.3 is 0 Å². The number of H-pyrrole nitrogens is 1. The predicted octanol–water partition coefficient (Wildman–Crippen LogP) is 7.15. The smallest absolute Gasteiger partial charge is 0.148 e. The minimum absolute atomic E-state index is 0.440. The van der Waals surface area contributed by atoms with Gasteiger partial charge in [0.05, 0.1) is 28.6 Å². The molecule has 3 heterocycles. The highest BCUT2D eigenvalue weighted by Gasteiger charge is 2.21. The Labute approximate surface area is 228 Å². The highest BCUT2D eigenvalue weighted by atomic mass is 35.5. The number of piperidine rings is 1. The van der Waals surface area contributed by atoms with Crippen molar-refractivity contribution in [2.75, 3.05) is 13.1 Å². The average Bonchev–Trinajstić information content (AvgIpc) is 3.51. The third-order valence-corrected chi connectivity index (χ3v) is 8.01. The first kappa shape index (κ1) is 25.0. The molecule has 0 bridgehead atoms. The molecule has 0 spiro atoms. The fraction of sp³-hybridized carbons (Fsp3) is 0.355. The van der Waals surface area contributed by atoms with Crippen LogP contribution < -0.4 is 4.74 Å². The second-order valence-corrected chi connectivity index (χ2v) is 10.9. The SMILES string of the molecule is Cc1cccc2c1nc(COc1ccc(Cl)cc1)n2CCCC1CCN(Cc2nc3ccccc3[nH]2)CC1. The summed E-state index contributed by atoms with van der Waals surface area (Å²) in [5.41, 5.74) is 5.64. The number of hydrogen-bond acceptors (Lipinski definition) is 4. The number of rotatable bonds is 9. The van der Waals surface area contributed by atoms with Gasteiger partial charge in [0.25, 0.3) is 0 Å². The van der Waals surface area contributed by atoms with E-state index in [0.717, 1.165) is 72.5 Å². The molecule has 1 N–H and O–H groups in total. The molecule has 6 nitrogen and oxygen atoms in total. The lowest BCUT2D eigenvalue weighted by Gasteiger charge is -2.31. The average molecular weight is 528 g/mol. The fourth-order valence-corrected chi connectivity index (χ4v) is 5.76. The second-order valence-electron chi connectivity index (χ2n) is 10.4. The summed E-state index contributed by atoms with van der Waals surface area (Å²) in [5.74, 6) is 3.62. The minimum atomic E-state index is 0.440. The third kappa shape index (κ3) is 5.57. The van der Waals surface area contributed by atoms with Crippen molar-refractivity contribution in [2.24, 2.45) is 5.92 Å². The van der Waals surface area contributed by atoms with E-state index in [1.165, 1.54) is 30.3 Å². The lowest BCUT2D eigenvalue weighted by Crippen LogP contribution is -2.33. The molecule has 2 aromatic heterocycles. The first-order valence-electron chi connectivity index (χ1n) is 13.6. The summed E-state index contributed by atoms with van der Waals surface area (Å²) < 4.78 is 8.43. The highest BCUT2D eigenvalue weighted by molar-refractivity contribution is 6.30. The van der Waals surface area contributed by atoms with Crippen molar-refractivity contribution < 1.29 is 4.74 Å². The number of aryl methyl sites for hydroxylation is 2. The molecule has 5 aromatic rings.